The lowest BCUT2D eigenvalue weighted by Crippen LogP contribution is -2.30. The van der Waals surface area contributed by atoms with Gasteiger partial charge in [0.2, 0.25) is 11.8 Å². The average molecular weight is 429 g/mol. The van der Waals surface area contributed by atoms with E-state index in [2.05, 4.69) is 5.32 Å². The maximum atomic E-state index is 12.3. The number of carbonyl (C=O) groups is 3. The third kappa shape index (κ3) is 6.07. The molecule has 1 saturated heterocycles. The summed E-state index contributed by atoms with van der Waals surface area (Å²) in [5, 5.41) is 3.28. The highest BCUT2D eigenvalue weighted by molar-refractivity contribution is 6.31. The van der Waals surface area contributed by atoms with Crippen LogP contribution in [0.1, 0.15) is 24.0 Å². The highest BCUT2D eigenvalue weighted by Crippen LogP contribution is 2.27. The first-order valence-corrected chi connectivity index (χ1v) is 10.3. The van der Waals surface area contributed by atoms with E-state index in [4.69, 9.17) is 16.3 Å². The topological polar surface area (TPSA) is 75.7 Å². The molecule has 2 aromatic rings. The smallest absolute Gasteiger partial charge is 0.311 e. The molecule has 1 aliphatic heterocycles. The molecule has 0 bridgehead atoms. The predicted molar refractivity (Wildman–Crippen MR) is 115 cm³/mol. The molecule has 0 radical (unpaired) electrons. The standard InChI is InChI=1S/C23H25ClN2O4/c1-16-5-7-17(8-6-16)9-10-21(27)25-11-12-30-23(29)18-13-22(28)26(15-18)20-4-2-3-19(24)14-20/h2-8,14,18H,9-13,15H2,1H3,(H,25,27). The summed E-state index contributed by atoms with van der Waals surface area (Å²) in [4.78, 5) is 38.0. The van der Waals surface area contributed by atoms with Gasteiger partial charge >= 0.3 is 5.97 Å². The third-order valence-corrected chi connectivity index (χ3v) is 5.24. The zero-order valence-corrected chi connectivity index (χ0v) is 17.7. The van der Waals surface area contributed by atoms with Gasteiger partial charge in [-0.05, 0) is 37.1 Å². The summed E-state index contributed by atoms with van der Waals surface area (Å²) < 4.78 is 5.25. The number of rotatable bonds is 8. The number of carbonyl (C=O) groups excluding carboxylic acids is 3. The number of nitrogens with zero attached hydrogens (tertiary/aromatic N) is 1. The monoisotopic (exact) mass is 428 g/mol. The number of hydrogen-bond acceptors (Lipinski definition) is 4. The second-order valence-corrected chi connectivity index (χ2v) is 7.82. The molecular weight excluding hydrogens is 404 g/mol. The molecule has 6 nitrogen and oxygen atoms in total. The van der Waals surface area contributed by atoms with Crippen LogP contribution in [-0.4, -0.2) is 37.5 Å². The molecular formula is C23H25ClN2O4. The number of amides is 2. The molecule has 1 N–H and O–H groups in total. The molecule has 1 fully saturated rings. The number of nitrogens with one attached hydrogen (secondary N) is 1. The fourth-order valence-corrected chi connectivity index (χ4v) is 3.50. The van der Waals surface area contributed by atoms with Crippen molar-refractivity contribution >= 4 is 35.1 Å². The molecule has 0 spiro atoms. The number of hydrogen-bond donors (Lipinski definition) is 1. The predicted octanol–water partition coefficient (Wildman–Crippen LogP) is 3.29. The summed E-state index contributed by atoms with van der Waals surface area (Å²) in [6, 6.07) is 15.0. The number of benzene rings is 2. The van der Waals surface area contributed by atoms with Crippen LogP contribution in [0.3, 0.4) is 0 Å². The molecule has 1 aliphatic rings. The fraction of sp³-hybridized carbons (Fsp3) is 0.348. The molecule has 7 heteroatoms. The van der Waals surface area contributed by atoms with Gasteiger partial charge in [0.15, 0.2) is 0 Å². The summed E-state index contributed by atoms with van der Waals surface area (Å²) in [5.41, 5.74) is 2.96. The highest BCUT2D eigenvalue weighted by Gasteiger charge is 2.36. The number of halogens is 1. The lowest BCUT2D eigenvalue weighted by molar-refractivity contribution is -0.148. The van der Waals surface area contributed by atoms with Crippen molar-refractivity contribution in [2.24, 2.45) is 5.92 Å². The second-order valence-electron chi connectivity index (χ2n) is 7.39. The molecule has 0 aliphatic carbocycles. The molecule has 2 aromatic carbocycles. The van der Waals surface area contributed by atoms with E-state index >= 15 is 0 Å². The van der Waals surface area contributed by atoms with E-state index in [0.29, 0.717) is 23.6 Å². The quantitative estimate of drug-likeness (QED) is 0.517. The average Bonchev–Trinajstić information content (AvgIpc) is 3.12. The van der Waals surface area contributed by atoms with Crippen molar-refractivity contribution in [1.29, 1.82) is 0 Å². The third-order valence-electron chi connectivity index (χ3n) is 5.01. The Morgan fingerprint density at radius 2 is 1.97 bits per heavy atom. The Morgan fingerprint density at radius 1 is 1.20 bits per heavy atom. The van der Waals surface area contributed by atoms with Crippen LogP contribution >= 0.6 is 11.6 Å². The Kier molecular flexibility index (Phi) is 7.46. The summed E-state index contributed by atoms with van der Waals surface area (Å²) in [6.45, 7) is 2.61. The first kappa shape index (κ1) is 21.8. The van der Waals surface area contributed by atoms with Crippen molar-refractivity contribution in [3.8, 4) is 0 Å². The van der Waals surface area contributed by atoms with Crippen LogP contribution in [0.5, 0.6) is 0 Å². The van der Waals surface area contributed by atoms with E-state index in [0.717, 1.165) is 5.56 Å². The van der Waals surface area contributed by atoms with E-state index in [1.54, 1.807) is 29.2 Å². The van der Waals surface area contributed by atoms with E-state index in [1.807, 2.05) is 31.2 Å². The summed E-state index contributed by atoms with van der Waals surface area (Å²) in [7, 11) is 0. The molecule has 2 amide bonds. The van der Waals surface area contributed by atoms with E-state index in [-0.39, 0.29) is 37.9 Å². The highest BCUT2D eigenvalue weighted by atomic mass is 35.5. The largest absolute Gasteiger partial charge is 0.464 e. The number of esters is 1. The molecule has 1 atom stereocenters. The number of anilines is 1. The van der Waals surface area contributed by atoms with Gasteiger partial charge < -0.3 is 15.0 Å². The zero-order chi connectivity index (χ0) is 21.5. The van der Waals surface area contributed by atoms with Crippen LogP contribution < -0.4 is 10.2 Å². The lowest BCUT2D eigenvalue weighted by Gasteiger charge is -2.16. The van der Waals surface area contributed by atoms with Gasteiger partial charge in [-0.3, -0.25) is 14.4 Å². The van der Waals surface area contributed by atoms with Crippen molar-refractivity contribution in [1.82, 2.24) is 5.32 Å². The normalized spacial score (nSPS) is 15.9. The minimum Gasteiger partial charge on any atom is -0.464 e. The van der Waals surface area contributed by atoms with Gasteiger partial charge in [0.1, 0.15) is 6.61 Å². The van der Waals surface area contributed by atoms with E-state index in [9.17, 15) is 14.4 Å². The van der Waals surface area contributed by atoms with Crippen LogP contribution in [0.4, 0.5) is 5.69 Å². The summed E-state index contributed by atoms with van der Waals surface area (Å²) in [6.07, 6.45) is 1.15. The van der Waals surface area contributed by atoms with Crippen LogP contribution in [0.25, 0.3) is 0 Å². The van der Waals surface area contributed by atoms with Gasteiger partial charge in [-0.2, -0.15) is 0 Å². The van der Waals surface area contributed by atoms with Gasteiger partial charge in [0.25, 0.3) is 0 Å². The van der Waals surface area contributed by atoms with Crippen molar-refractivity contribution in [3.05, 3.63) is 64.7 Å². The van der Waals surface area contributed by atoms with Gasteiger partial charge in [-0.25, -0.2) is 0 Å². The lowest BCUT2D eigenvalue weighted by atomic mass is 10.1. The van der Waals surface area contributed by atoms with Gasteiger partial charge in [0.05, 0.1) is 12.5 Å². The zero-order valence-electron chi connectivity index (χ0n) is 16.9. The fourth-order valence-electron chi connectivity index (χ4n) is 3.32. The van der Waals surface area contributed by atoms with Crippen LogP contribution in [0, 0.1) is 12.8 Å². The Balaban J connectivity index is 1.36. The molecule has 1 heterocycles. The molecule has 0 aromatic heterocycles. The maximum Gasteiger partial charge on any atom is 0.311 e. The summed E-state index contributed by atoms with van der Waals surface area (Å²) >= 11 is 5.98. The molecule has 30 heavy (non-hydrogen) atoms. The van der Waals surface area contributed by atoms with Crippen molar-refractivity contribution < 1.29 is 19.1 Å². The van der Waals surface area contributed by atoms with Gasteiger partial charge in [-0.15, -0.1) is 0 Å². The number of aryl methyl sites for hydroxylation is 2. The number of ether oxygens (including phenoxy) is 1. The molecule has 3 rings (SSSR count). The van der Waals surface area contributed by atoms with Crippen molar-refractivity contribution in [2.45, 2.75) is 26.2 Å². The van der Waals surface area contributed by atoms with E-state index in [1.165, 1.54) is 5.56 Å². The van der Waals surface area contributed by atoms with Crippen molar-refractivity contribution in [3.63, 3.8) is 0 Å². The minimum atomic E-state index is -0.520. The van der Waals surface area contributed by atoms with Crippen LogP contribution in [0.2, 0.25) is 5.02 Å². The van der Waals surface area contributed by atoms with Gasteiger partial charge in [0, 0.05) is 30.1 Å². The second kappa shape index (κ2) is 10.3. The molecule has 1 unspecified atom stereocenters. The van der Waals surface area contributed by atoms with Gasteiger partial charge in [-0.1, -0.05) is 47.5 Å². The first-order valence-electron chi connectivity index (χ1n) is 9.97. The Labute approximate surface area is 181 Å². The maximum absolute atomic E-state index is 12.3. The SMILES string of the molecule is Cc1ccc(CCC(=O)NCCOC(=O)C2CC(=O)N(c3cccc(Cl)c3)C2)cc1. The molecule has 158 valence electrons. The van der Waals surface area contributed by atoms with Crippen molar-refractivity contribution in [2.75, 3.05) is 24.6 Å². The van der Waals surface area contributed by atoms with E-state index < -0.39 is 11.9 Å². The van der Waals surface area contributed by atoms with Crippen LogP contribution in [-0.2, 0) is 25.5 Å². The Morgan fingerprint density at radius 3 is 2.70 bits per heavy atom. The Hall–Kier alpha value is -2.86. The molecule has 0 saturated carbocycles. The minimum absolute atomic E-state index is 0.0803. The van der Waals surface area contributed by atoms with Crippen LogP contribution in [0.15, 0.2) is 48.5 Å². The Bertz CT molecular complexity index is 914. The first-order chi connectivity index (χ1) is 14.4. The summed E-state index contributed by atoms with van der Waals surface area (Å²) in [5.74, 6) is -1.17.